The van der Waals surface area contributed by atoms with E-state index in [2.05, 4.69) is 35.9 Å². The van der Waals surface area contributed by atoms with Crippen molar-refractivity contribution in [3.05, 3.63) is 5.89 Å². The SMILES string of the molecule is CCCCN(c1nnc(CN)o1)C(C)CC. The van der Waals surface area contributed by atoms with Gasteiger partial charge in [0, 0.05) is 12.6 Å². The highest BCUT2D eigenvalue weighted by Crippen LogP contribution is 2.17. The number of hydrogen-bond acceptors (Lipinski definition) is 5. The summed E-state index contributed by atoms with van der Waals surface area (Å²) in [6.07, 6.45) is 3.35. The third kappa shape index (κ3) is 3.20. The van der Waals surface area contributed by atoms with Gasteiger partial charge in [-0.2, -0.15) is 0 Å². The fourth-order valence-electron chi connectivity index (χ4n) is 1.50. The van der Waals surface area contributed by atoms with Crippen molar-refractivity contribution in [1.29, 1.82) is 0 Å². The normalized spacial score (nSPS) is 12.8. The molecule has 0 radical (unpaired) electrons. The third-order valence-corrected chi connectivity index (χ3v) is 2.75. The summed E-state index contributed by atoms with van der Waals surface area (Å²) in [5.74, 6) is 0.500. The number of aromatic nitrogens is 2. The molecule has 0 aliphatic heterocycles. The number of rotatable bonds is 7. The zero-order valence-electron chi connectivity index (χ0n) is 10.4. The molecule has 5 heteroatoms. The Kier molecular flexibility index (Phi) is 5.25. The smallest absolute Gasteiger partial charge is 0.318 e. The zero-order chi connectivity index (χ0) is 12.0. The Labute approximate surface area is 97.0 Å². The molecular weight excluding hydrogens is 204 g/mol. The Bertz CT molecular complexity index is 300. The van der Waals surface area contributed by atoms with Gasteiger partial charge in [0.2, 0.25) is 5.89 Å². The molecule has 1 atom stereocenters. The number of hydrogen-bond donors (Lipinski definition) is 1. The van der Waals surface area contributed by atoms with E-state index in [9.17, 15) is 0 Å². The number of nitrogens with two attached hydrogens (primary N) is 1. The van der Waals surface area contributed by atoms with Crippen molar-refractivity contribution in [3.8, 4) is 0 Å². The molecule has 1 unspecified atom stereocenters. The molecule has 0 amide bonds. The van der Waals surface area contributed by atoms with Crippen LogP contribution in [0.25, 0.3) is 0 Å². The maximum atomic E-state index is 5.49. The lowest BCUT2D eigenvalue weighted by Gasteiger charge is -2.26. The molecule has 5 nitrogen and oxygen atoms in total. The van der Waals surface area contributed by atoms with Crippen LogP contribution in [-0.2, 0) is 6.54 Å². The quantitative estimate of drug-likeness (QED) is 0.769. The van der Waals surface area contributed by atoms with Gasteiger partial charge in [0.15, 0.2) is 0 Å². The minimum Gasteiger partial charge on any atom is -0.407 e. The minimum absolute atomic E-state index is 0.301. The predicted molar refractivity (Wildman–Crippen MR) is 64.2 cm³/mol. The number of anilines is 1. The molecule has 0 bridgehead atoms. The van der Waals surface area contributed by atoms with Gasteiger partial charge in [0.1, 0.15) is 0 Å². The fraction of sp³-hybridized carbons (Fsp3) is 0.818. The largest absolute Gasteiger partial charge is 0.407 e. The predicted octanol–water partition coefficient (Wildman–Crippen LogP) is 1.93. The highest BCUT2D eigenvalue weighted by molar-refractivity contribution is 5.25. The van der Waals surface area contributed by atoms with E-state index in [1.165, 1.54) is 0 Å². The van der Waals surface area contributed by atoms with Crippen LogP contribution >= 0.6 is 0 Å². The van der Waals surface area contributed by atoms with Crippen molar-refractivity contribution < 1.29 is 4.42 Å². The van der Waals surface area contributed by atoms with Crippen molar-refractivity contribution in [2.24, 2.45) is 5.73 Å². The van der Waals surface area contributed by atoms with Crippen molar-refractivity contribution >= 4 is 6.01 Å². The first kappa shape index (κ1) is 13.0. The Balaban J connectivity index is 2.74. The van der Waals surface area contributed by atoms with Gasteiger partial charge in [-0.1, -0.05) is 25.4 Å². The lowest BCUT2D eigenvalue weighted by molar-refractivity contribution is 0.459. The van der Waals surface area contributed by atoms with Crippen LogP contribution in [-0.4, -0.2) is 22.8 Å². The van der Waals surface area contributed by atoms with Crippen LogP contribution in [0.4, 0.5) is 6.01 Å². The molecule has 1 aromatic rings. The molecule has 0 aliphatic rings. The molecule has 1 aromatic heterocycles. The number of nitrogens with zero attached hydrogens (tertiary/aromatic N) is 3. The summed E-state index contributed by atoms with van der Waals surface area (Å²) < 4.78 is 5.49. The van der Waals surface area contributed by atoms with Crippen LogP contribution < -0.4 is 10.6 Å². The van der Waals surface area contributed by atoms with Crippen LogP contribution in [0.2, 0.25) is 0 Å². The van der Waals surface area contributed by atoms with Crippen LogP contribution in [0.3, 0.4) is 0 Å². The Morgan fingerprint density at radius 1 is 1.38 bits per heavy atom. The zero-order valence-corrected chi connectivity index (χ0v) is 10.4. The van der Waals surface area contributed by atoms with Gasteiger partial charge in [-0.25, -0.2) is 0 Å². The summed E-state index contributed by atoms with van der Waals surface area (Å²) in [7, 11) is 0. The van der Waals surface area contributed by atoms with Gasteiger partial charge in [-0.15, -0.1) is 5.10 Å². The molecule has 0 spiro atoms. The summed E-state index contributed by atoms with van der Waals surface area (Å²) in [5, 5.41) is 7.94. The van der Waals surface area contributed by atoms with Crippen LogP contribution in [0, 0.1) is 0 Å². The molecule has 0 aliphatic carbocycles. The Morgan fingerprint density at radius 3 is 2.62 bits per heavy atom. The van der Waals surface area contributed by atoms with Gasteiger partial charge in [-0.3, -0.25) is 0 Å². The molecule has 0 aromatic carbocycles. The molecule has 0 fully saturated rings. The van der Waals surface area contributed by atoms with Gasteiger partial charge >= 0.3 is 6.01 Å². The van der Waals surface area contributed by atoms with Crippen LogP contribution in [0.5, 0.6) is 0 Å². The topological polar surface area (TPSA) is 68.2 Å². The maximum Gasteiger partial charge on any atom is 0.318 e. The lowest BCUT2D eigenvalue weighted by atomic mass is 10.2. The average Bonchev–Trinajstić information content (AvgIpc) is 2.77. The third-order valence-electron chi connectivity index (χ3n) is 2.75. The first-order valence-electron chi connectivity index (χ1n) is 6.02. The highest BCUT2D eigenvalue weighted by Gasteiger charge is 2.18. The van der Waals surface area contributed by atoms with Crippen molar-refractivity contribution in [2.75, 3.05) is 11.4 Å². The Morgan fingerprint density at radius 2 is 2.12 bits per heavy atom. The lowest BCUT2D eigenvalue weighted by Crippen LogP contribution is -2.33. The van der Waals surface area contributed by atoms with E-state index in [0.29, 0.717) is 24.5 Å². The molecule has 92 valence electrons. The molecule has 16 heavy (non-hydrogen) atoms. The maximum absolute atomic E-state index is 5.49. The van der Waals surface area contributed by atoms with Crippen LogP contribution in [0.1, 0.15) is 45.9 Å². The van der Waals surface area contributed by atoms with E-state index >= 15 is 0 Å². The number of unbranched alkanes of at least 4 members (excludes halogenated alkanes) is 1. The molecular formula is C11H22N4O. The van der Waals surface area contributed by atoms with Crippen molar-refractivity contribution in [3.63, 3.8) is 0 Å². The molecule has 1 heterocycles. The van der Waals surface area contributed by atoms with Crippen molar-refractivity contribution in [2.45, 2.75) is 52.6 Å². The van der Waals surface area contributed by atoms with Gasteiger partial charge in [0.25, 0.3) is 0 Å². The fourth-order valence-corrected chi connectivity index (χ4v) is 1.50. The van der Waals surface area contributed by atoms with E-state index < -0.39 is 0 Å². The van der Waals surface area contributed by atoms with Gasteiger partial charge in [-0.05, 0) is 19.8 Å². The highest BCUT2D eigenvalue weighted by atomic mass is 16.4. The standard InChI is InChI=1S/C11H22N4O/c1-4-6-7-15(9(3)5-2)11-14-13-10(8-12)16-11/h9H,4-8,12H2,1-3H3. The van der Waals surface area contributed by atoms with Gasteiger partial charge in [0.05, 0.1) is 6.54 Å². The van der Waals surface area contributed by atoms with Gasteiger partial charge < -0.3 is 15.1 Å². The van der Waals surface area contributed by atoms with E-state index in [1.54, 1.807) is 0 Å². The summed E-state index contributed by atoms with van der Waals surface area (Å²) in [4.78, 5) is 2.16. The average molecular weight is 226 g/mol. The second-order valence-corrected chi connectivity index (χ2v) is 3.99. The second-order valence-electron chi connectivity index (χ2n) is 3.99. The first-order chi connectivity index (χ1) is 7.72. The molecule has 1 rings (SSSR count). The summed E-state index contributed by atoms with van der Waals surface area (Å²) in [6, 6.07) is 1.01. The summed E-state index contributed by atoms with van der Waals surface area (Å²) >= 11 is 0. The van der Waals surface area contributed by atoms with E-state index in [4.69, 9.17) is 10.2 Å². The summed E-state index contributed by atoms with van der Waals surface area (Å²) in [5.41, 5.74) is 5.46. The monoisotopic (exact) mass is 226 g/mol. The van der Waals surface area contributed by atoms with E-state index in [-0.39, 0.29) is 0 Å². The molecule has 0 saturated heterocycles. The molecule has 2 N–H and O–H groups in total. The Hall–Kier alpha value is -1.10. The molecule has 0 saturated carbocycles. The minimum atomic E-state index is 0.301. The van der Waals surface area contributed by atoms with E-state index in [0.717, 1.165) is 25.8 Å². The van der Waals surface area contributed by atoms with E-state index in [1.807, 2.05) is 0 Å². The van der Waals surface area contributed by atoms with Crippen molar-refractivity contribution in [1.82, 2.24) is 10.2 Å². The first-order valence-corrected chi connectivity index (χ1v) is 6.02. The summed E-state index contributed by atoms with van der Waals surface area (Å²) in [6.45, 7) is 7.76. The second kappa shape index (κ2) is 6.48. The van der Waals surface area contributed by atoms with Crippen LogP contribution in [0.15, 0.2) is 4.42 Å².